The van der Waals surface area contributed by atoms with Crippen LogP contribution in [0.1, 0.15) is 50.0 Å². The molecule has 3 aromatic rings. The van der Waals surface area contributed by atoms with Crippen molar-refractivity contribution in [2.45, 2.75) is 61.4 Å². The molecule has 1 aromatic heterocycles. The average Bonchev–Trinajstić information content (AvgIpc) is 3.27. The summed E-state index contributed by atoms with van der Waals surface area (Å²) in [5, 5.41) is 0. The predicted molar refractivity (Wildman–Crippen MR) is 151 cm³/mol. The molecule has 0 atom stereocenters. The minimum Gasteiger partial charge on any atom is -0.381 e. The van der Waals surface area contributed by atoms with Gasteiger partial charge >= 0.3 is 0 Å². The number of sulfone groups is 1. The molecule has 3 fully saturated rings. The fraction of sp³-hybridized carbons (Fsp3) is 0.567. The Morgan fingerprint density at radius 3 is 2.08 bits per heavy atom. The van der Waals surface area contributed by atoms with Gasteiger partial charge in [0.15, 0.2) is 9.84 Å². The first kappa shape index (κ1) is 26.9. The fourth-order valence-electron chi connectivity index (χ4n) is 6.89. The largest absolute Gasteiger partial charge is 0.381 e. The summed E-state index contributed by atoms with van der Waals surface area (Å²) >= 11 is 0. The maximum absolute atomic E-state index is 15.4. The molecule has 0 N–H and O–H groups in total. The number of likely N-dealkylation sites (tertiary alicyclic amines) is 2. The van der Waals surface area contributed by atoms with Crippen molar-refractivity contribution in [2.24, 2.45) is 7.05 Å². The zero-order valence-corrected chi connectivity index (χ0v) is 23.8. The van der Waals surface area contributed by atoms with Crippen molar-refractivity contribution >= 4 is 20.9 Å². The van der Waals surface area contributed by atoms with E-state index in [4.69, 9.17) is 4.74 Å². The maximum Gasteiger partial charge on any atom is 0.175 e. The molecular formula is C30H39FN4O3S. The Kier molecular flexibility index (Phi) is 7.52. The lowest BCUT2D eigenvalue weighted by Gasteiger charge is -2.44. The monoisotopic (exact) mass is 554 g/mol. The number of nitrogens with zero attached hydrogens (tertiary/aromatic N) is 4. The zero-order valence-electron chi connectivity index (χ0n) is 23.0. The van der Waals surface area contributed by atoms with Crippen molar-refractivity contribution < 1.29 is 17.5 Å². The van der Waals surface area contributed by atoms with Crippen LogP contribution in [0.5, 0.6) is 0 Å². The lowest BCUT2D eigenvalue weighted by Crippen LogP contribution is -2.50. The minimum atomic E-state index is -3.27. The van der Waals surface area contributed by atoms with Crippen LogP contribution in [-0.2, 0) is 21.6 Å². The molecular weight excluding hydrogens is 515 g/mol. The standard InChI is InChI=1S/C30H39FN4O3S/c1-33-29-19-26(27(31)20-28(29)32-30(33)22-3-5-25(6-4-22)39(2,36)37)21-7-13-34(14-8-21)23-9-15-35(16-10-23)24-11-17-38-18-12-24/h3-6,19-21,23-24H,7-18H2,1-2H3. The number of ether oxygens (including phenoxy) is 1. The summed E-state index contributed by atoms with van der Waals surface area (Å²) in [6.45, 7) is 6.21. The molecule has 2 aromatic carbocycles. The maximum atomic E-state index is 15.4. The number of imidazole rings is 1. The molecule has 0 amide bonds. The number of rotatable bonds is 5. The summed E-state index contributed by atoms with van der Waals surface area (Å²) in [7, 11) is -1.33. The Morgan fingerprint density at radius 1 is 0.872 bits per heavy atom. The van der Waals surface area contributed by atoms with Gasteiger partial charge in [-0.3, -0.25) is 0 Å². The first-order chi connectivity index (χ1) is 18.8. The highest BCUT2D eigenvalue weighted by atomic mass is 32.2. The molecule has 0 unspecified atom stereocenters. The molecule has 3 aliphatic heterocycles. The Bertz CT molecular complexity index is 1420. The molecule has 0 aliphatic carbocycles. The third-order valence-electron chi connectivity index (χ3n) is 9.23. The van der Waals surface area contributed by atoms with Gasteiger partial charge in [-0.15, -0.1) is 0 Å². The quantitative estimate of drug-likeness (QED) is 0.459. The topological polar surface area (TPSA) is 67.7 Å². The van der Waals surface area contributed by atoms with E-state index in [1.165, 1.54) is 45.0 Å². The van der Waals surface area contributed by atoms with E-state index in [9.17, 15) is 8.42 Å². The third-order valence-corrected chi connectivity index (χ3v) is 10.4. The summed E-state index contributed by atoms with van der Waals surface area (Å²) in [4.78, 5) is 10.3. The van der Waals surface area contributed by atoms with Gasteiger partial charge in [-0.25, -0.2) is 17.8 Å². The predicted octanol–water partition coefficient (Wildman–Crippen LogP) is 4.61. The van der Waals surface area contributed by atoms with E-state index < -0.39 is 9.84 Å². The molecule has 3 saturated heterocycles. The Balaban J connectivity index is 1.12. The van der Waals surface area contributed by atoms with E-state index in [0.717, 1.165) is 55.8 Å². The van der Waals surface area contributed by atoms with Gasteiger partial charge in [0.2, 0.25) is 0 Å². The van der Waals surface area contributed by atoms with Crippen molar-refractivity contribution in [3.63, 3.8) is 0 Å². The van der Waals surface area contributed by atoms with Crippen LogP contribution < -0.4 is 0 Å². The van der Waals surface area contributed by atoms with Crippen LogP contribution in [0, 0.1) is 5.82 Å². The Labute approximate surface area is 230 Å². The van der Waals surface area contributed by atoms with Crippen molar-refractivity contribution in [1.29, 1.82) is 0 Å². The number of halogens is 1. The lowest BCUT2D eigenvalue weighted by molar-refractivity contribution is 0.0104. The highest BCUT2D eigenvalue weighted by Crippen LogP contribution is 2.35. The van der Waals surface area contributed by atoms with E-state index in [-0.39, 0.29) is 16.6 Å². The number of aryl methyl sites for hydroxylation is 1. The van der Waals surface area contributed by atoms with Gasteiger partial charge in [0, 0.05) is 50.2 Å². The van der Waals surface area contributed by atoms with Crippen LogP contribution in [-0.4, -0.2) is 85.5 Å². The van der Waals surface area contributed by atoms with Crippen LogP contribution in [0.2, 0.25) is 0 Å². The van der Waals surface area contributed by atoms with Crippen LogP contribution in [0.3, 0.4) is 0 Å². The van der Waals surface area contributed by atoms with Crippen LogP contribution in [0.25, 0.3) is 22.4 Å². The van der Waals surface area contributed by atoms with Gasteiger partial charge in [-0.05, 0) is 107 Å². The minimum absolute atomic E-state index is 0.178. The second-order valence-electron chi connectivity index (χ2n) is 11.6. The van der Waals surface area contributed by atoms with Gasteiger partial charge < -0.3 is 19.1 Å². The normalized spacial score (nSPS) is 21.6. The van der Waals surface area contributed by atoms with Gasteiger partial charge in [0.05, 0.1) is 15.9 Å². The highest BCUT2D eigenvalue weighted by molar-refractivity contribution is 7.90. The molecule has 9 heteroatoms. The molecule has 210 valence electrons. The van der Waals surface area contributed by atoms with Gasteiger partial charge in [-0.2, -0.15) is 0 Å². The van der Waals surface area contributed by atoms with Crippen molar-refractivity contribution in [2.75, 3.05) is 45.6 Å². The molecule has 39 heavy (non-hydrogen) atoms. The smallest absolute Gasteiger partial charge is 0.175 e. The van der Waals surface area contributed by atoms with Crippen LogP contribution in [0.15, 0.2) is 41.3 Å². The molecule has 0 saturated carbocycles. The lowest BCUT2D eigenvalue weighted by atomic mass is 9.87. The van der Waals surface area contributed by atoms with E-state index in [1.54, 1.807) is 30.3 Å². The van der Waals surface area contributed by atoms with Gasteiger partial charge in [-0.1, -0.05) is 0 Å². The number of hydrogen-bond acceptors (Lipinski definition) is 6. The van der Waals surface area contributed by atoms with E-state index in [2.05, 4.69) is 14.8 Å². The number of aromatic nitrogens is 2. The van der Waals surface area contributed by atoms with Crippen LogP contribution in [0.4, 0.5) is 4.39 Å². The molecule has 6 rings (SSSR count). The summed E-state index contributed by atoms with van der Waals surface area (Å²) < 4.78 is 46.5. The molecule has 7 nitrogen and oxygen atoms in total. The summed E-state index contributed by atoms with van der Waals surface area (Å²) in [5.74, 6) is 0.728. The Morgan fingerprint density at radius 2 is 1.46 bits per heavy atom. The number of hydrogen-bond donors (Lipinski definition) is 0. The number of piperidine rings is 2. The first-order valence-corrected chi connectivity index (χ1v) is 16.2. The Hall–Kier alpha value is -2.33. The summed E-state index contributed by atoms with van der Waals surface area (Å²) in [5.41, 5.74) is 3.11. The molecule has 4 heterocycles. The number of fused-ring (bicyclic) bond motifs is 1. The van der Waals surface area contributed by atoms with Gasteiger partial charge in [0.25, 0.3) is 0 Å². The second-order valence-corrected chi connectivity index (χ2v) is 13.6. The SMILES string of the molecule is Cn1c(-c2ccc(S(C)(=O)=O)cc2)nc2cc(F)c(C3CCN(C4CCN(C5CCOCC5)CC4)CC3)cc21. The third kappa shape index (κ3) is 5.51. The summed E-state index contributed by atoms with van der Waals surface area (Å²) in [6, 6.07) is 11.6. The fourth-order valence-corrected chi connectivity index (χ4v) is 7.52. The molecule has 0 bridgehead atoms. The molecule has 0 spiro atoms. The number of benzene rings is 2. The second kappa shape index (κ2) is 10.9. The summed E-state index contributed by atoms with van der Waals surface area (Å²) in [6.07, 6.45) is 7.93. The highest BCUT2D eigenvalue weighted by Gasteiger charge is 2.32. The molecule has 0 radical (unpaired) electrons. The van der Waals surface area contributed by atoms with Crippen molar-refractivity contribution in [3.8, 4) is 11.4 Å². The van der Waals surface area contributed by atoms with Crippen molar-refractivity contribution in [3.05, 3.63) is 47.8 Å². The molecule has 3 aliphatic rings. The van der Waals surface area contributed by atoms with Gasteiger partial charge in [0.1, 0.15) is 11.6 Å². The van der Waals surface area contributed by atoms with E-state index in [0.29, 0.717) is 23.4 Å². The van der Waals surface area contributed by atoms with E-state index in [1.807, 2.05) is 17.7 Å². The van der Waals surface area contributed by atoms with E-state index >= 15 is 4.39 Å². The van der Waals surface area contributed by atoms with Crippen molar-refractivity contribution in [1.82, 2.24) is 19.4 Å². The van der Waals surface area contributed by atoms with Crippen LogP contribution >= 0.6 is 0 Å². The first-order valence-electron chi connectivity index (χ1n) is 14.3. The average molecular weight is 555 g/mol. The zero-order chi connectivity index (χ0) is 27.1.